The van der Waals surface area contributed by atoms with Gasteiger partial charge in [-0.15, -0.1) is 0 Å². The summed E-state index contributed by atoms with van der Waals surface area (Å²) in [5, 5.41) is 0. The van der Waals surface area contributed by atoms with Gasteiger partial charge < -0.3 is 4.74 Å². The molecule has 114 valence electrons. The fourth-order valence-corrected chi connectivity index (χ4v) is 3.18. The van der Waals surface area contributed by atoms with Crippen LogP contribution in [-0.2, 0) is 13.1 Å². The second-order valence-electron chi connectivity index (χ2n) is 5.06. The van der Waals surface area contributed by atoms with Crippen molar-refractivity contribution in [2.45, 2.75) is 20.0 Å². The summed E-state index contributed by atoms with van der Waals surface area (Å²) in [6, 6.07) is 13.7. The number of fused-ring (bicyclic) bond motifs is 1. The lowest BCUT2D eigenvalue weighted by molar-refractivity contribution is 0.408. The van der Waals surface area contributed by atoms with E-state index in [9.17, 15) is 4.79 Å². The Balaban J connectivity index is 2.18. The molecule has 0 N–H and O–H groups in total. The highest BCUT2D eigenvalue weighted by atomic mass is 79.9. The lowest BCUT2D eigenvalue weighted by Gasteiger charge is -2.10. The molecule has 0 bridgehead atoms. The van der Waals surface area contributed by atoms with Crippen molar-refractivity contribution in [3.05, 3.63) is 63.0 Å². The van der Waals surface area contributed by atoms with Crippen molar-refractivity contribution >= 4 is 27.0 Å². The highest BCUT2D eigenvalue weighted by molar-refractivity contribution is 9.10. The number of para-hydroxylation sites is 2. The van der Waals surface area contributed by atoms with Gasteiger partial charge in [-0.2, -0.15) is 0 Å². The number of aromatic nitrogens is 2. The van der Waals surface area contributed by atoms with Crippen LogP contribution in [0.2, 0.25) is 0 Å². The van der Waals surface area contributed by atoms with Crippen LogP contribution in [0.1, 0.15) is 12.5 Å². The number of ether oxygens (including phenoxy) is 1. The lowest BCUT2D eigenvalue weighted by atomic mass is 10.2. The zero-order valence-electron chi connectivity index (χ0n) is 12.5. The molecule has 0 amide bonds. The molecule has 0 radical (unpaired) electrons. The minimum Gasteiger partial charge on any atom is -0.496 e. The van der Waals surface area contributed by atoms with Crippen LogP contribution in [0.3, 0.4) is 0 Å². The van der Waals surface area contributed by atoms with Crippen LogP contribution in [0.25, 0.3) is 11.0 Å². The van der Waals surface area contributed by atoms with Gasteiger partial charge in [0.1, 0.15) is 5.75 Å². The van der Waals surface area contributed by atoms with E-state index in [-0.39, 0.29) is 5.69 Å². The van der Waals surface area contributed by atoms with Gasteiger partial charge in [0.15, 0.2) is 0 Å². The van der Waals surface area contributed by atoms with Crippen LogP contribution in [0.5, 0.6) is 5.75 Å². The van der Waals surface area contributed by atoms with Gasteiger partial charge in [0.25, 0.3) is 0 Å². The molecule has 0 saturated heterocycles. The molecule has 0 aliphatic carbocycles. The van der Waals surface area contributed by atoms with Gasteiger partial charge >= 0.3 is 5.69 Å². The molecular formula is C17H17BrN2O2. The molecular weight excluding hydrogens is 344 g/mol. The van der Waals surface area contributed by atoms with Gasteiger partial charge in [-0.05, 0) is 37.3 Å². The van der Waals surface area contributed by atoms with Gasteiger partial charge in [-0.1, -0.05) is 28.1 Å². The van der Waals surface area contributed by atoms with Crippen LogP contribution in [0, 0.1) is 0 Å². The molecule has 0 saturated carbocycles. The monoisotopic (exact) mass is 360 g/mol. The lowest BCUT2D eigenvalue weighted by Crippen LogP contribution is -2.24. The molecule has 2 aromatic carbocycles. The maximum Gasteiger partial charge on any atom is 0.329 e. The van der Waals surface area contributed by atoms with Crippen LogP contribution in [0.4, 0.5) is 0 Å². The van der Waals surface area contributed by atoms with E-state index < -0.39 is 0 Å². The topological polar surface area (TPSA) is 36.2 Å². The minimum atomic E-state index is 0.00530. The molecule has 3 aromatic rings. The third-order valence-electron chi connectivity index (χ3n) is 3.81. The van der Waals surface area contributed by atoms with Crippen LogP contribution >= 0.6 is 15.9 Å². The number of halogens is 1. The predicted molar refractivity (Wildman–Crippen MR) is 91.7 cm³/mol. The van der Waals surface area contributed by atoms with Crippen molar-refractivity contribution in [3.63, 3.8) is 0 Å². The van der Waals surface area contributed by atoms with Gasteiger partial charge in [0.2, 0.25) is 0 Å². The van der Waals surface area contributed by atoms with Crippen molar-refractivity contribution in [2.75, 3.05) is 7.11 Å². The maximum absolute atomic E-state index is 12.7. The number of aryl methyl sites for hydroxylation is 1. The number of hydrogen-bond acceptors (Lipinski definition) is 2. The van der Waals surface area contributed by atoms with Crippen molar-refractivity contribution in [3.8, 4) is 5.75 Å². The molecule has 0 aliphatic heterocycles. The molecule has 3 rings (SSSR count). The Bertz CT molecular complexity index is 880. The highest BCUT2D eigenvalue weighted by Crippen LogP contribution is 2.24. The number of nitrogens with zero attached hydrogens (tertiary/aromatic N) is 2. The van der Waals surface area contributed by atoms with E-state index in [2.05, 4.69) is 15.9 Å². The van der Waals surface area contributed by atoms with E-state index in [1.807, 2.05) is 49.4 Å². The van der Waals surface area contributed by atoms with Crippen LogP contribution in [0.15, 0.2) is 51.7 Å². The van der Waals surface area contributed by atoms with E-state index >= 15 is 0 Å². The summed E-state index contributed by atoms with van der Waals surface area (Å²) in [4.78, 5) is 12.7. The van der Waals surface area contributed by atoms with E-state index in [0.29, 0.717) is 13.1 Å². The molecule has 1 heterocycles. The Labute approximate surface area is 137 Å². The number of methoxy groups -OCH3 is 1. The second kappa shape index (κ2) is 6.01. The fourth-order valence-electron chi connectivity index (χ4n) is 2.77. The Morgan fingerprint density at radius 2 is 1.77 bits per heavy atom. The quantitative estimate of drug-likeness (QED) is 0.711. The van der Waals surface area contributed by atoms with E-state index in [1.165, 1.54) is 0 Å². The number of hydrogen-bond donors (Lipinski definition) is 0. The Morgan fingerprint density at radius 3 is 2.41 bits per heavy atom. The molecule has 0 spiro atoms. The van der Waals surface area contributed by atoms with Gasteiger partial charge in [-0.25, -0.2) is 4.79 Å². The predicted octanol–water partition coefficient (Wildman–Crippen LogP) is 3.64. The normalized spacial score (nSPS) is 11.0. The minimum absolute atomic E-state index is 0.00530. The smallest absolute Gasteiger partial charge is 0.329 e. The zero-order valence-corrected chi connectivity index (χ0v) is 14.1. The number of rotatable bonds is 4. The molecule has 5 heteroatoms. The summed E-state index contributed by atoms with van der Waals surface area (Å²) in [5.74, 6) is 0.781. The Hall–Kier alpha value is -2.01. The van der Waals surface area contributed by atoms with Crippen molar-refractivity contribution < 1.29 is 4.74 Å². The molecule has 4 nitrogen and oxygen atoms in total. The molecule has 0 fully saturated rings. The second-order valence-corrected chi connectivity index (χ2v) is 5.97. The summed E-state index contributed by atoms with van der Waals surface area (Å²) in [6.07, 6.45) is 0. The first kappa shape index (κ1) is 14.9. The SMILES string of the molecule is CCn1c(=O)n(Cc2cc(Br)ccc2OC)c2ccccc21. The Kier molecular flexibility index (Phi) is 4.07. The van der Waals surface area contributed by atoms with Gasteiger partial charge in [-0.3, -0.25) is 9.13 Å². The first-order valence-electron chi connectivity index (χ1n) is 7.16. The molecule has 22 heavy (non-hydrogen) atoms. The van der Waals surface area contributed by atoms with Crippen molar-refractivity contribution in [1.29, 1.82) is 0 Å². The van der Waals surface area contributed by atoms with Gasteiger partial charge in [0.05, 0.1) is 24.7 Å². The molecule has 0 atom stereocenters. The first-order valence-corrected chi connectivity index (χ1v) is 7.95. The van der Waals surface area contributed by atoms with Crippen LogP contribution in [-0.4, -0.2) is 16.2 Å². The summed E-state index contributed by atoms with van der Waals surface area (Å²) < 4.78 is 9.97. The summed E-state index contributed by atoms with van der Waals surface area (Å²) in [5.41, 5.74) is 2.88. The average Bonchev–Trinajstić information content (AvgIpc) is 2.80. The molecule has 0 unspecified atom stereocenters. The fraction of sp³-hybridized carbons (Fsp3) is 0.235. The molecule has 1 aromatic heterocycles. The third-order valence-corrected chi connectivity index (χ3v) is 4.31. The first-order chi connectivity index (χ1) is 10.7. The maximum atomic E-state index is 12.7. The largest absolute Gasteiger partial charge is 0.496 e. The van der Waals surface area contributed by atoms with Crippen molar-refractivity contribution in [2.24, 2.45) is 0 Å². The standard InChI is InChI=1S/C17H17BrN2O2/c1-3-19-14-6-4-5-7-15(14)20(17(19)21)11-12-10-13(18)8-9-16(12)22-2/h4-10H,3,11H2,1-2H3. The summed E-state index contributed by atoms with van der Waals surface area (Å²) in [6.45, 7) is 3.12. The number of benzene rings is 2. The van der Waals surface area contributed by atoms with E-state index in [1.54, 1.807) is 16.2 Å². The highest BCUT2D eigenvalue weighted by Gasteiger charge is 2.13. The Morgan fingerprint density at radius 1 is 1.09 bits per heavy atom. The average molecular weight is 361 g/mol. The van der Waals surface area contributed by atoms with E-state index in [0.717, 1.165) is 26.8 Å². The number of imidazole rings is 1. The molecule has 0 aliphatic rings. The zero-order chi connectivity index (χ0) is 15.7. The van der Waals surface area contributed by atoms with Gasteiger partial charge in [0, 0.05) is 16.6 Å². The van der Waals surface area contributed by atoms with Crippen molar-refractivity contribution in [1.82, 2.24) is 9.13 Å². The third kappa shape index (κ3) is 2.46. The summed E-state index contributed by atoms with van der Waals surface area (Å²) in [7, 11) is 1.64. The summed E-state index contributed by atoms with van der Waals surface area (Å²) >= 11 is 3.48. The van der Waals surface area contributed by atoms with Crippen LogP contribution < -0.4 is 10.4 Å². The van der Waals surface area contributed by atoms with E-state index in [4.69, 9.17) is 4.74 Å².